The topological polar surface area (TPSA) is 83.9 Å². The predicted octanol–water partition coefficient (Wildman–Crippen LogP) is 4.66. The molecular weight excluding hydrogens is 524 g/mol. The Bertz CT molecular complexity index is 974. The van der Waals surface area contributed by atoms with Crippen LogP contribution in [-0.4, -0.2) is 65.1 Å². The van der Waals surface area contributed by atoms with Crippen molar-refractivity contribution in [2.75, 3.05) is 32.8 Å². The second kappa shape index (κ2) is 15.3. The third-order valence-corrected chi connectivity index (χ3v) is 6.09. The number of esters is 1. The van der Waals surface area contributed by atoms with Crippen molar-refractivity contribution < 1.29 is 19.1 Å². The van der Waals surface area contributed by atoms with Gasteiger partial charge in [0.1, 0.15) is 13.1 Å². The molecule has 1 heterocycles. The lowest BCUT2D eigenvalue weighted by molar-refractivity contribution is -0.141. The van der Waals surface area contributed by atoms with Gasteiger partial charge in [-0.25, -0.2) is 4.79 Å². The minimum Gasteiger partial charge on any atom is -0.465 e. The molecule has 0 unspecified atom stereocenters. The van der Waals surface area contributed by atoms with Gasteiger partial charge in [0.05, 0.1) is 13.2 Å². The van der Waals surface area contributed by atoms with E-state index in [4.69, 9.17) is 4.74 Å². The molecule has 0 fully saturated rings. The fraction of sp³-hybridized carbons (Fsp3) is 0.519. The van der Waals surface area contributed by atoms with Crippen LogP contribution in [0.1, 0.15) is 51.8 Å². The molecule has 0 saturated carbocycles. The van der Waals surface area contributed by atoms with Gasteiger partial charge in [-0.3, -0.25) is 9.59 Å². The van der Waals surface area contributed by atoms with Crippen LogP contribution in [0.4, 0.5) is 4.79 Å². The van der Waals surface area contributed by atoms with Crippen LogP contribution in [0.15, 0.2) is 47.1 Å². The number of nitrogens with zero attached hydrogens (tertiary/aromatic N) is 3. The van der Waals surface area contributed by atoms with E-state index in [1.54, 1.807) is 6.92 Å². The zero-order valence-electron chi connectivity index (χ0n) is 21.8. The number of hydrogen-bond acceptors (Lipinski definition) is 4. The Balaban J connectivity index is 2.11. The van der Waals surface area contributed by atoms with Crippen LogP contribution in [-0.2, 0) is 27.4 Å². The van der Waals surface area contributed by atoms with Gasteiger partial charge < -0.3 is 24.4 Å². The highest BCUT2D eigenvalue weighted by atomic mass is 79.9. The molecule has 9 heteroatoms. The van der Waals surface area contributed by atoms with E-state index in [0.29, 0.717) is 26.2 Å². The normalized spacial score (nSPS) is 10.8. The zero-order valence-corrected chi connectivity index (χ0v) is 23.4. The maximum absolute atomic E-state index is 13.4. The van der Waals surface area contributed by atoms with Gasteiger partial charge in [-0.1, -0.05) is 55.3 Å². The summed E-state index contributed by atoms with van der Waals surface area (Å²) < 4.78 is 8.06. The Morgan fingerprint density at radius 1 is 1.08 bits per heavy atom. The number of nitrogens with one attached hydrogen (secondary N) is 1. The summed E-state index contributed by atoms with van der Waals surface area (Å²) in [6.45, 7) is 9.93. The Kier molecular flexibility index (Phi) is 12.5. The molecule has 8 nitrogen and oxygen atoms in total. The molecule has 198 valence electrons. The average Bonchev–Trinajstić information content (AvgIpc) is 3.27. The van der Waals surface area contributed by atoms with Crippen molar-refractivity contribution in [1.82, 2.24) is 19.7 Å². The zero-order chi connectivity index (χ0) is 26.5. The van der Waals surface area contributed by atoms with Crippen LogP contribution in [0.25, 0.3) is 0 Å². The Hall–Kier alpha value is -2.81. The van der Waals surface area contributed by atoms with E-state index in [1.807, 2.05) is 49.2 Å². The predicted molar refractivity (Wildman–Crippen MR) is 144 cm³/mol. The molecule has 0 spiro atoms. The van der Waals surface area contributed by atoms with E-state index in [9.17, 15) is 14.4 Å². The number of hydrogen-bond donors (Lipinski definition) is 1. The molecule has 0 aliphatic heterocycles. The minimum absolute atomic E-state index is 0.0516. The summed E-state index contributed by atoms with van der Waals surface area (Å²) in [6, 6.07) is 11.8. The lowest BCUT2D eigenvalue weighted by Gasteiger charge is -2.29. The van der Waals surface area contributed by atoms with Crippen molar-refractivity contribution in [1.29, 1.82) is 0 Å². The summed E-state index contributed by atoms with van der Waals surface area (Å²) in [7, 11) is 0. The molecule has 0 bridgehead atoms. The molecule has 0 atom stereocenters. The highest BCUT2D eigenvalue weighted by Gasteiger charge is 2.23. The smallest absolute Gasteiger partial charge is 0.325 e. The van der Waals surface area contributed by atoms with Gasteiger partial charge in [0, 0.05) is 36.0 Å². The molecule has 0 radical (unpaired) electrons. The number of halogens is 1. The molecule has 0 saturated heterocycles. The van der Waals surface area contributed by atoms with Gasteiger partial charge in [0.25, 0.3) is 0 Å². The van der Waals surface area contributed by atoms with Crippen molar-refractivity contribution in [3.05, 3.63) is 58.3 Å². The second-order valence-corrected chi connectivity index (χ2v) is 10.1. The van der Waals surface area contributed by atoms with E-state index in [2.05, 4.69) is 44.9 Å². The van der Waals surface area contributed by atoms with Gasteiger partial charge in [0.2, 0.25) is 5.91 Å². The maximum Gasteiger partial charge on any atom is 0.325 e. The quantitative estimate of drug-likeness (QED) is 0.339. The standard InChI is InChI=1S/C27H39BrN4O4/c1-5-7-14-31(19-24-9-8-15-30(24)18-22-10-12-23(28)13-11-22)25(33)20-32(17-21(3)4)27(35)29-16-26(34)36-6-2/h8-13,15,21H,5-7,14,16-20H2,1-4H3,(H,29,35). The van der Waals surface area contributed by atoms with Crippen molar-refractivity contribution in [3.63, 3.8) is 0 Å². The van der Waals surface area contributed by atoms with Crippen molar-refractivity contribution in [2.24, 2.45) is 5.92 Å². The summed E-state index contributed by atoms with van der Waals surface area (Å²) in [5, 5.41) is 2.58. The number of unbranched alkanes of at least 4 members (excludes halogenated alkanes) is 1. The molecule has 3 amide bonds. The first-order valence-electron chi connectivity index (χ1n) is 12.6. The summed E-state index contributed by atoms with van der Waals surface area (Å²) in [6.07, 6.45) is 3.85. The number of carbonyl (C=O) groups excluding carboxylic acids is 3. The molecule has 36 heavy (non-hydrogen) atoms. The van der Waals surface area contributed by atoms with Crippen LogP contribution in [0, 0.1) is 5.92 Å². The monoisotopic (exact) mass is 562 g/mol. The average molecular weight is 564 g/mol. The van der Waals surface area contributed by atoms with E-state index < -0.39 is 12.0 Å². The van der Waals surface area contributed by atoms with E-state index in [0.717, 1.165) is 23.0 Å². The molecule has 0 aliphatic carbocycles. The van der Waals surface area contributed by atoms with Crippen molar-refractivity contribution >= 4 is 33.8 Å². The molecular formula is C27H39BrN4O4. The molecule has 2 aromatic rings. The van der Waals surface area contributed by atoms with E-state index in [1.165, 1.54) is 10.5 Å². The van der Waals surface area contributed by atoms with Crippen LogP contribution < -0.4 is 5.32 Å². The molecule has 0 aliphatic rings. The summed E-state index contributed by atoms with van der Waals surface area (Å²) >= 11 is 3.47. The molecule has 2 rings (SSSR count). The molecule has 1 aromatic heterocycles. The molecule has 1 aromatic carbocycles. The SMILES string of the molecule is CCCCN(Cc1cccn1Cc1ccc(Br)cc1)C(=O)CN(CC(C)C)C(=O)NCC(=O)OCC. The summed E-state index contributed by atoms with van der Waals surface area (Å²) in [5.41, 5.74) is 2.20. The number of urea groups is 1. The Morgan fingerprint density at radius 2 is 1.81 bits per heavy atom. The van der Waals surface area contributed by atoms with Gasteiger partial charge in [-0.2, -0.15) is 0 Å². The molecule has 1 N–H and O–H groups in total. The van der Waals surface area contributed by atoms with Crippen molar-refractivity contribution in [2.45, 2.75) is 53.6 Å². The largest absolute Gasteiger partial charge is 0.465 e. The number of aromatic nitrogens is 1. The Labute approximate surface area is 223 Å². The van der Waals surface area contributed by atoms with Gasteiger partial charge in [0.15, 0.2) is 0 Å². The number of benzene rings is 1. The minimum atomic E-state index is -0.502. The third-order valence-electron chi connectivity index (χ3n) is 5.57. The fourth-order valence-corrected chi connectivity index (χ4v) is 4.03. The highest BCUT2D eigenvalue weighted by molar-refractivity contribution is 9.10. The van der Waals surface area contributed by atoms with E-state index >= 15 is 0 Å². The van der Waals surface area contributed by atoms with Gasteiger partial charge in [-0.05, 0) is 49.1 Å². The van der Waals surface area contributed by atoms with Crippen molar-refractivity contribution in [3.8, 4) is 0 Å². The first kappa shape index (κ1) is 29.4. The first-order valence-corrected chi connectivity index (χ1v) is 13.4. The lowest BCUT2D eigenvalue weighted by atomic mass is 10.2. The van der Waals surface area contributed by atoms with Crippen LogP contribution in [0.2, 0.25) is 0 Å². The van der Waals surface area contributed by atoms with Gasteiger partial charge >= 0.3 is 12.0 Å². The third kappa shape index (κ3) is 10.0. The Morgan fingerprint density at radius 3 is 2.44 bits per heavy atom. The first-order chi connectivity index (χ1) is 17.2. The van der Waals surface area contributed by atoms with Crippen LogP contribution in [0.3, 0.4) is 0 Å². The number of ether oxygens (including phenoxy) is 1. The number of amides is 3. The fourth-order valence-electron chi connectivity index (χ4n) is 3.77. The van der Waals surface area contributed by atoms with E-state index in [-0.39, 0.29) is 31.5 Å². The summed E-state index contributed by atoms with van der Waals surface area (Å²) in [5.74, 6) is -0.456. The highest BCUT2D eigenvalue weighted by Crippen LogP contribution is 2.15. The number of carbonyl (C=O) groups is 3. The lowest BCUT2D eigenvalue weighted by Crippen LogP contribution is -2.49. The van der Waals surface area contributed by atoms with Gasteiger partial charge in [-0.15, -0.1) is 0 Å². The number of rotatable bonds is 14. The van der Waals surface area contributed by atoms with Crippen LogP contribution >= 0.6 is 15.9 Å². The summed E-state index contributed by atoms with van der Waals surface area (Å²) in [4.78, 5) is 41.2. The maximum atomic E-state index is 13.4. The second-order valence-electron chi connectivity index (χ2n) is 9.16. The van der Waals surface area contributed by atoms with Crippen LogP contribution in [0.5, 0.6) is 0 Å².